The number of benzene rings is 1. The molecule has 0 aromatic heterocycles. The summed E-state index contributed by atoms with van der Waals surface area (Å²) in [6.45, 7) is 3.38. The van der Waals surface area contributed by atoms with Crippen molar-refractivity contribution in [2.75, 3.05) is 19.6 Å². The summed E-state index contributed by atoms with van der Waals surface area (Å²) in [7, 11) is 0. The Labute approximate surface area is 96.9 Å². The molecule has 3 heteroatoms. The zero-order valence-corrected chi connectivity index (χ0v) is 9.60. The third kappa shape index (κ3) is 3.22. The second-order valence-corrected chi connectivity index (χ2v) is 4.64. The number of likely N-dealkylation sites (tertiary alicyclic amines) is 1. The van der Waals surface area contributed by atoms with Crippen molar-refractivity contribution in [3.05, 3.63) is 29.8 Å². The van der Waals surface area contributed by atoms with Crippen LogP contribution in [0.3, 0.4) is 0 Å². The third-order valence-electron chi connectivity index (χ3n) is 3.13. The SMILES string of the molecule is N[C@@H](Cc1ccc(O)cc1)CN1CCCC1. The maximum atomic E-state index is 9.18. The average molecular weight is 220 g/mol. The predicted octanol–water partition coefficient (Wildman–Crippen LogP) is 1.36. The van der Waals surface area contributed by atoms with Gasteiger partial charge in [0, 0.05) is 12.6 Å². The molecular weight excluding hydrogens is 200 g/mol. The first-order valence-electron chi connectivity index (χ1n) is 6.00. The lowest BCUT2D eigenvalue weighted by Crippen LogP contribution is -2.37. The third-order valence-corrected chi connectivity index (χ3v) is 3.13. The van der Waals surface area contributed by atoms with Crippen LogP contribution in [0.25, 0.3) is 0 Å². The molecule has 16 heavy (non-hydrogen) atoms. The number of hydrogen-bond acceptors (Lipinski definition) is 3. The molecular formula is C13H20N2O. The fraction of sp³-hybridized carbons (Fsp3) is 0.538. The number of rotatable bonds is 4. The van der Waals surface area contributed by atoms with Gasteiger partial charge in [-0.3, -0.25) is 0 Å². The summed E-state index contributed by atoms with van der Waals surface area (Å²) >= 11 is 0. The Morgan fingerprint density at radius 3 is 2.44 bits per heavy atom. The van der Waals surface area contributed by atoms with E-state index < -0.39 is 0 Å². The highest BCUT2D eigenvalue weighted by atomic mass is 16.3. The second kappa shape index (κ2) is 5.32. The normalized spacial score (nSPS) is 18.8. The Morgan fingerprint density at radius 2 is 1.81 bits per heavy atom. The highest BCUT2D eigenvalue weighted by Gasteiger charge is 2.14. The highest BCUT2D eigenvalue weighted by molar-refractivity contribution is 5.26. The molecule has 2 rings (SSSR count). The molecule has 0 spiro atoms. The first-order chi connectivity index (χ1) is 7.74. The lowest BCUT2D eigenvalue weighted by atomic mass is 10.1. The van der Waals surface area contributed by atoms with E-state index >= 15 is 0 Å². The Bertz CT molecular complexity index is 317. The molecule has 0 saturated carbocycles. The molecule has 0 radical (unpaired) electrons. The van der Waals surface area contributed by atoms with Gasteiger partial charge in [-0.05, 0) is 50.0 Å². The van der Waals surface area contributed by atoms with Crippen LogP contribution in [0, 0.1) is 0 Å². The van der Waals surface area contributed by atoms with Gasteiger partial charge < -0.3 is 15.7 Å². The molecule has 1 heterocycles. The van der Waals surface area contributed by atoms with E-state index in [1.807, 2.05) is 12.1 Å². The molecule has 1 atom stereocenters. The second-order valence-electron chi connectivity index (χ2n) is 4.64. The van der Waals surface area contributed by atoms with Crippen molar-refractivity contribution in [1.29, 1.82) is 0 Å². The summed E-state index contributed by atoms with van der Waals surface area (Å²) in [4.78, 5) is 2.44. The van der Waals surface area contributed by atoms with Gasteiger partial charge in [-0.15, -0.1) is 0 Å². The van der Waals surface area contributed by atoms with Gasteiger partial charge in [0.05, 0.1) is 0 Å². The molecule has 1 aliphatic rings. The van der Waals surface area contributed by atoms with E-state index in [2.05, 4.69) is 4.90 Å². The van der Waals surface area contributed by atoms with Crippen molar-refractivity contribution in [2.24, 2.45) is 5.73 Å². The van der Waals surface area contributed by atoms with E-state index in [1.54, 1.807) is 12.1 Å². The minimum absolute atomic E-state index is 0.197. The number of nitrogens with zero attached hydrogens (tertiary/aromatic N) is 1. The molecule has 3 nitrogen and oxygen atoms in total. The van der Waals surface area contributed by atoms with Crippen LogP contribution in [-0.2, 0) is 6.42 Å². The summed E-state index contributed by atoms with van der Waals surface area (Å²) in [6, 6.07) is 7.52. The topological polar surface area (TPSA) is 49.5 Å². The summed E-state index contributed by atoms with van der Waals surface area (Å²) in [5, 5.41) is 9.18. The fourth-order valence-corrected chi connectivity index (χ4v) is 2.30. The smallest absolute Gasteiger partial charge is 0.115 e. The molecule has 0 unspecified atom stereocenters. The van der Waals surface area contributed by atoms with Crippen LogP contribution >= 0.6 is 0 Å². The molecule has 0 aliphatic carbocycles. The maximum Gasteiger partial charge on any atom is 0.115 e. The summed E-state index contributed by atoms with van der Waals surface area (Å²) in [5.74, 6) is 0.317. The number of hydrogen-bond donors (Lipinski definition) is 2. The van der Waals surface area contributed by atoms with Crippen molar-refractivity contribution in [3.8, 4) is 5.75 Å². The van der Waals surface area contributed by atoms with Gasteiger partial charge in [0.15, 0.2) is 0 Å². The Kier molecular flexibility index (Phi) is 3.80. The van der Waals surface area contributed by atoms with Crippen LogP contribution in [0.2, 0.25) is 0 Å². The monoisotopic (exact) mass is 220 g/mol. The molecule has 1 aromatic carbocycles. The Hall–Kier alpha value is -1.06. The van der Waals surface area contributed by atoms with Crippen molar-refractivity contribution in [2.45, 2.75) is 25.3 Å². The molecule has 0 bridgehead atoms. The minimum atomic E-state index is 0.197. The number of nitrogens with two attached hydrogens (primary N) is 1. The van der Waals surface area contributed by atoms with Crippen LogP contribution in [0.5, 0.6) is 5.75 Å². The van der Waals surface area contributed by atoms with Gasteiger partial charge in [0.25, 0.3) is 0 Å². The lowest BCUT2D eigenvalue weighted by Gasteiger charge is -2.20. The van der Waals surface area contributed by atoms with Gasteiger partial charge in [-0.2, -0.15) is 0 Å². The Balaban J connectivity index is 1.81. The fourth-order valence-electron chi connectivity index (χ4n) is 2.30. The molecule has 3 N–H and O–H groups in total. The molecule has 1 saturated heterocycles. The maximum absolute atomic E-state index is 9.18. The molecule has 1 aliphatic heterocycles. The van der Waals surface area contributed by atoms with Crippen LogP contribution in [-0.4, -0.2) is 35.7 Å². The van der Waals surface area contributed by atoms with Gasteiger partial charge >= 0.3 is 0 Å². The lowest BCUT2D eigenvalue weighted by molar-refractivity contribution is 0.313. The van der Waals surface area contributed by atoms with E-state index in [-0.39, 0.29) is 6.04 Å². The number of phenolic OH excluding ortho intramolecular Hbond substituents is 1. The van der Waals surface area contributed by atoms with Crippen molar-refractivity contribution in [1.82, 2.24) is 4.90 Å². The van der Waals surface area contributed by atoms with Crippen LogP contribution < -0.4 is 5.73 Å². The van der Waals surface area contributed by atoms with Crippen LogP contribution in [0.15, 0.2) is 24.3 Å². The number of aromatic hydroxyl groups is 1. The number of phenols is 1. The minimum Gasteiger partial charge on any atom is -0.508 e. The first-order valence-corrected chi connectivity index (χ1v) is 6.00. The van der Waals surface area contributed by atoms with Crippen LogP contribution in [0.4, 0.5) is 0 Å². The summed E-state index contributed by atoms with van der Waals surface area (Å²) in [6.07, 6.45) is 3.51. The van der Waals surface area contributed by atoms with Gasteiger partial charge in [0.1, 0.15) is 5.75 Å². The van der Waals surface area contributed by atoms with Gasteiger partial charge in [0.2, 0.25) is 0 Å². The zero-order valence-electron chi connectivity index (χ0n) is 9.60. The molecule has 1 aromatic rings. The average Bonchev–Trinajstić information content (AvgIpc) is 2.74. The molecule has 1 fully saturated rings. The molecule has 0 amide bonds. The molecule has 88 valence electrons. The van der Waals surface area contributed by atoms with Crippen molar-refractivity contribution in [3.63, 3.8) is 0 Å². The zero-order chi connectivity index (χ0) is 11.4. The van der Waals surface area contributed by atoms with Gasteiger partial charge in [-0.1, -0.05) is 12.1 Å². The van der Waals surface area contributed by atoms with E-state index in [9.17, 15) is 5.11 Å². The largest absolute Gasteiger partial charge is 0.508 e. The Morgan fingerprint density at radius 1 is 1.19 bits per heavy atom. The van der Waals surface area contributed by atoms with Crippen molar-refractivity contribution < 1.29 is 5.11 Å². The van der Waals surface area contributed by atoms with E-state index in [4.69, 9.17) is 5.73 Å². The standard InChI is InChI=1S/C13H20N2O/c14-12(10-15-7-1-2-8-15)9-11-3-5-13(16)6-4-11/h3-6,12,16H,1-2,7-10,14H2/t12-/m0/s1. The van der Waals surface area contributed by atoms with Crippen molar-refractivity contribution >= 4 is 0 Å². The van der Waals surface area contributed by atoms with E-state index in [1.165, 1.54) is 31.5 Å². The first kappa shape index (κ1) is 11.4. The predicted molar refractivity (Wildman–Crippen MR) is 65.5 cm³/mol. The van der Waals surface area contributed by atoms with Crippen LogP contribution in [0.1, 0.15) is 18.4 Å². The quantitative estimate of drug-likeness (QED) is 0.805. The summed E-state index contributed by atoms with van der Waals surface area (Å²) in [5.41, 5.74) is 7.32. The van der Waals surface area contributed by atoms with E-state index in [0.29, 0.717) is 5.75 Å². The van der Waals surface area contributed by atoms with E-state index in [0.717, 1.165) is 13.0 Å². The highest BCUT2D eigenvalue weighted by Crippen LogP contribution is 2.12. The van der Waals surface area contributed by atoms with Gasteiger partial charge in [-0.25, -0.2) is 0 Å². The summed E-state index contributed by atoms with van der Waals surface area (Å²) < 4.78 is 0.